The third-order valence-corrected chi connectivity index (χ3v) is 6.84. The predicted molar refractivity (Wildman–Crippen MR) is 107 cm³/mol. The second kappa shape index (κ2) is 7.65. The summed E-state index contributed by atoms with van der Waals surface area (Å²) >= 11 is 0. The Morgan fingerprint density at radius 1 is 1.22 bits per heavy atom. The van der Waals surface area contributed by atoms with E-state index < -0.39 is 0 Å². The minimum atomic E-state index is -0.232. The Hall–Kier alpha value is -1.84. The maximum atomic E-state index is 13.5. The Labute approximate surface area is 161 Å². The van der Waals surface area contributed by atoms with E-state index in [1.165, 1.54) is 44.2 Å². The predicted octanol–water partition coefficient (Wildman–Crippen LogP) is 5.62. The van der Waals surface area contributed by atoms with E-state index in [0.29, 0.717) is 30.2 Å². The lowest BCUT2D eigenvalue weighted by Crippen LogP contribution is -2.50. The van der Waals surface area contributed by atoms with Gasteiger partial charge in [0.1, 0.15) is 5.82 Å². The summed E-state index contributed by atoms with van der Waals surface area (Å²) in [5.41, 5.74) is 1.96. The number of aromatic nitrogens is 1. The van der Waals surface area contributed by atoms with Crippen LogP contribution in [-0.2, 0) is 4.79 Å². The van der Waals surface area contributed by atoms with E-state index in [1.807, 2.05) is 12.3 Å². The standard InChI is InChI=1S/C23H31FN2O/c1-15(2)19(20-14-25-21-12-17(24)9-10-18(20)21)13-23(27)26-11-5-7-16-6-3-4-8-22(16)26/h9-10,12,14-16,19,22,25H,3-8,11,13H2,1-2H3. The lowest BCUT2D eigenvalue weighted by molar-refractivity contribution is -0.138. The number of amides is 1. The molecule has 3 atom stereocenters. The van der Waals surface area contributed by atoms with E-state index in [4.69, 9.17) is 0 Å². The first-order valence-electron chi connectivity index (χ1n) is 10.6. The van der Waals surface area contributed by atoms with Crippen molar-refractivity contribution in [2.45, 2.75) is 70.8 Å². The van der Waals surface area contributed by atoms with E-state index in [2.05, 4.69) is 23.7 Å². The van der Waals surface area contributed by atoms with Gasteiger partial charge in [0, 0.05) is 36.1 Å². The highest BCUT2D eigenvalue weighted by Crippen LogP contribution is 2.38. The van der Waals surface area contributed by atoms with Gasteiger partial charge < -0.3 is 9.88 Å². The number of halogens is 1. The van der Waals surface area contributed by atoms with Gasteiger partial charge in [-0.15, -0.1) is 0 Å². The normalized spacial score (nSPS) is 24.2. The van der Waals surface area contributed by atoms with Gasteiger partial charge in [0.2, 0.25) is 5.91 Å². The molecular weight excluding hydrogens is 339 g/mol. The third-order valence-electron chi connectivity index (χ3n) is 6.84. The minimum Gasteiger partial charge on any atom is -0.361 e. The van der Waals surface area contributed by atoms with Crippen LogP contribution in [0.25, 0.3) is 10.9 Å². The van der Waals surface area contributed by atoms with E-state index >= 15 is 0 Å². The average Bonchev–Trinajstić information content (AvgIpc) is 3.07. The van der Waals surface area contributed by atoms with Crippen molar-refractivity contribution in [3.63, 3.8) is 0 Å². The van der Waals surface area contributed by atoms with E-state index in [0.717, 1.165) is 29.4 Å². The van der Waals surface area contributed by atoms with Crippen LogP contribution in [-0.4, -0.2) is 28.4 Å². The van der Waals surface area contributed by atoms with Crippen LogP contribution in [0.2, 0.25) is 0 Å². The summed E-state index contributed by atoms with van der Waals surface area (Å²) in [6, 6.07) is 5.35. The molecule has 2 aliphatic rings. The molecule has 3 unspecified atom stereocenters. The molecule has 2 fully saturated rings. The lowest BCUT2D eigenvalue weighted by Gasteiger charge is -2.44. The molecule has 146 valence electrons. The fourth-order valence-corrected chi connectivity index (χ4v) is 5.37. The molecule has 1 aliphatic heterocycles. The Kier molecular flexibility index (Phi) is 5.25. The Bertz CT molecular complexity index is 810. The van der Waals surface area contributed by atoms with Crippen LogP contribution in [0.15, 0.2) is 24.4 Å². The molecule has 27 heavy (non-hydrogen) atoms. The molecule has 3 nitrogen and oxygen atoms in total. The largest absolute Gasteiger partial charge is 0.361 e. The van der Waals surface area contributed by atoms with Gasteiger partial charge in [-0.1, -0.05) is 26.7 Å². The first-order valence-corrected chi connectivity index (χ1v) is 10.6. The molecular formula is C23H31FN2O. The number of aromatic amines is 1. The lowest BCUT2D eigenvalue weighted by atomic mass is 9.77. The molecule has 4 heteroatoms. The molecule has 1 amide bonds. The van der Waals surface area contributed by atoms with Crippen LogP contribution in [0, 0.1) is 17.7 Å². The highest BCUT2D eigenvalue weighted by atomic mass is 19.1. The van der Waals surface area contributed by atoms with Crippen LogP contribution in [0.3, 0.4) is 0 Å². The highest BCUT2D eigenvalue weighted by Gasteiger charge is 2.36. The van der Waals surface area contributed by atoms with Crippen LogP contribution >= 0.6 is 0 Å². The summed E-state index contributed by atoms with van der Waals surface area (Å²) in [6.07, 6.45) is 10.00. The van der Waals surface area contributed by atoms with Crippen molar-refractivity contribution < 1.29 is 9.18 Å². The van der Waals surface area contributed by atoms with Crippen molar-refractivity contribution in [3.05, 3.63) is 35.8 Å². The molecule has 1 aliphatic carbocycles. The van der Waals surface area contributed by atoms with Crippen molar-refractivity contribution >= 4 is 16.8 Å². The topological polar surface area (TPSA) is 36.1 Å². The maximum Gasteiger partial charge on any atom is 0.223 e. The molecule has 1 saturated heterocycles. The third kappa shape index (κ3) is 3.63. The molecule has 1 N–H and O–H groups in total. The maximum absolute atomic E-state index is 13.5. The zero-order valence-electron chi connectivity index (χ0n) is 16.5. The van der Waals surface area contributed by atoms with Crippen LogP contribution in [0.5, 0.6) is 0 Å². The van der Waals surface area contributed by atoms with Gasteiger partial charge in [0.25, 0.3) is 0 Å². The van der Waals surface area contributed by atoms with Crippen molar-refractivity contribution in [1.82, 2.24) is 9.88 Å². The van der Waals surface area contributed by atoms with E-state index in [1.54, 1.807) is 0 Å². The number of rotatable bonds is 4. The van der Waals surface area contributed by atoms with E-state index in [9.17, 15) is 9.18 Å². The fraction of sp³-hybridized carbons (Fsp3) is 0.609. The van der Waals surface area contributed by atoms with Gasteiger partial charge >= 0.3 is 0 Å². The average molecular weight is 371 g/mol. The fourth-order valence-electron chi connectivity index (χ4n) is 5.37. The van der Waals surface area contributed by atoms with Crippen LogP contribution in [0.4, 0.5) is 4.39 Å². The number of fused-ring (bicyclic) bond motifs is 2. The second-order valence-electron chi connectivity index (χ2n) is 8.83. The Morgan fingerprint density at radius 2 is 2.00 bits per heavy atom. The molecule has 0 radical (unpaired) electrons. The summed E-state index contributed by atoms with van der Waals surface area (Å²) in [7, 11) is 0. The number of piperidine rings is 1. The van der Waals surface area contributed by atoms with Crippen molar-refractivity contribution in [1.29, 1.82) is 0 Å². The van der Waals surface area contributed by atoms with E-state index in [-0.39, 0.29) is 11.7 Å². The number of hydrogen-bond acceptors (Lipinski definition) is 1. The summed E-state index contributed by atoms with van der Waals surface area (Å²) in [6.45, 7) is 5.28. The SMILES string of the molecule is CC(C)C(CC(=O)N1CCCC2CCCCC21)c1c[nH]c2cc(F)ccc12. The summed E-state index contributed by atoms with van der Waals surface area (Å²) in [5, 5.41) is 1.04. The number of nitrogens with one attached hydrogen (secondary N) is 1. The summed E-state index contributed by atoms with van der Waals surface area (Å²) in [4.78, 5) is 18.7. The summed E-state index contributed by atoms with van der Waals surface area (Å²) in [5.74, 6) is 1.29. The number of benzene rings is 1. The van der Waals surface area contributed by atoms with Gasteiger partial charge in [-0.05, 0) is 67.2 Å². The molecule has 2 aromatic rings. The van der Waals surface area contributed by atoms with Gasteiger partial charge in [-0.25, -0.2) is 4.39 Å². The minimum absolute atomic E-state index is 0.153. The number of carbonyl (C=O) groups is 1. The molecule has 2 heterocycles. The van der Waals surface area contributed by atoms with Gasteiger partial charge in [-0.3, -0.25) is 4.79 Å². The molecule has 0 bridgehead atoms. The zero-order valence-corrected chi connectivity index (χ0v) is 16.5. The van der Waals surface area contributed by atoms with Gasteiger partial charge in [0.05, 0.1) is 0 Å². The molecule has 1 aromatic heterocycles. The number of nitrogens with zero attached hydrogens (tertiary/aromatic N) is 1. The number of hydrogen-bond donors (Lipinski definition) is 1. The van der Waals surface area contributed by atoms with Crippen LogP contribution in [0.1, 0.15) is 70.3 Å². The molecule has 1 aromatic carbocycles. The first kappa shape index (κ1) is 18.5. The highest BCUT2D eigenvalue weighted by molar-refractivity contribution is 5.85. The number of H-pyrrole nitrogens is 1. The van der Waals surface area contributed by atoms with Crippen molar-refractivity contribution in [2.75, 3.05) is 6.54 Å². The number of carbonyl (C=O) groups excluding carboxylic acids is 1. The summed E-state index contributed by atoms with van der Waals surface area (Å²) < 4.78 is 13.5. The van der Waals surface area contributed by atoms with Gasteiger partial charge in [0.15, 0.2) is 0 Å². The van der Waals surface area contributed by atoms with Gasteiger partial charge in [-0.2, -0.15) is 0 Å². The monoisotopic (exact) mass is 370 g/mol. The second-order valence-corrected chi connectivity index (χ2v) is 8.83. The molecule has 4 rings (SSSR count). The van der Waals surface area contributed by atoms with Crippen molar-refractivity contribution in [3.8, 4) is 0 Å². The van der Waals surface area contributed by atoms with Crippen molar-refractivity contribution in [2.24, 2.45) is 11.8 Å². The van der Waals surface area contributed by atoms with Crippen LogP contribution < -0.4 is 0 Å². The molecule has 0 spiro atoms. The zero-order chi connectivity index (χ0) is 19.0. The smallest absolute Gasteiger partial charge is 0.223 e. The molecule has 1 saturated carbocycles. The quantitative estimate of drug-likeness (QED) is 0.745. The Morgan fingerprint density at radius 3 is 2.81 bits per heavy atom. The Balaban J connectivity index is 1.56. The number of likely N-dealkylation sites (tertiary alicyclic amines) is 1. The first-order chi connectivity index (χ1) is 13.0.